The summed E-state index contributed by atoms with van der Waals surface area (Å²) >= 11 is 0. The molecule has 0 spiro atoms. The van der Waals surface area contributed by atoms with E-state index in [-0.39, 0.29) is 0 Å². The van der Waals surface area contributed by atoms with E-state index in [0.717, 1.165) is 34.1 Å². The van der Waals surface area contributed by atoms with Crippen molar-refractivity contribution in [1.29, 1.82) is 0 Å². The lowest BCUT2D eigenvalue weighted by molar-refractivity contribution is 0.111. The van der Waals surface area contributed by atoms with E-state index in [0.29, 0.717) is 22.6 Å². The Morgan fingerprint density at radius 3 is 1.48 bits per heavy atom. The molecule has 4 aromatic carbocycles. The highest BCUT2D eigenvalue weighted by molar-refractivity contribution is 6.00. The first-order valence-corrected chi connectivity index (χ1v) is 7.92. The van der Waals surface area contributed by atoms with Gasteiger partial charge in [0.05, 0.1) is 0 Å². The van der Waals surface area contributed by atoms with E-state index in [9.17, 15) is 9.59 Å². The van der Waals surface area contributed by atoms with Crippen LogP contribution < -0.4 is 4.74 Å². The Balaban J connectivity index is 1.82. The van der Waals surface area contributed by atoms with Crippen LogP contribution >= 0.6 is 0 Å². The molecule has 4 aromatic rings. The van der Waals surface area contributed by atoms with Gasteiger partial charge in [0, 0.05) is 11.1 Å². The lowest BCUT2D eigenvalue weighted by Gasteiger charge is -2.11. The first-order chi connectivity index (χ1) is 12.3. The number of rotatable bonds is 4. The molecule has 120 valence electrons. The summed E-state index contributed by atoms with van der Waals surface area (Å²) in [5.74, 6) is 1.13. The topological polar surface area (TPSA) is 43.4 Å². The third kappa shape index (κ3) is 2.76. The molecule has 0 saturated heterocycles. The maximum atomic E-state index is 11.4. The number of ether oxygens (including phenoxy) is 1. The molecule has 25 heavy (non-hydrogen) atoms. The summed E-state index contributed by atoms with van der Waals surface area (Å²) in [6, 6.07) is 22.5. The second kappa shape index (κ2) is 6.21. The fraction of sp³-hybridized carbons (Fsp3) is 0. The maximum Gasteiger partial charge on any atom is 0.150 e. The van der Waals surface area contributed by atoms with Crippen LogP contribution in [0.4, 0.5) is 0 Å². The quantitative estimate of drug-likeness (QED) is 0.471. The van der Waals surface area contributed by atoms with E-state index in [1.165, 1.54) is 0 Å². The molecule has 0 aliphatic carbocycles. The lowest BCUT2D eigenvalue weighted by Crippen LogP contribution is -1.91. The number of carbonyl (C=O) groups is 2. The molecule has 3 nitrogen and oxygen atoms in total. The highest BCUT2D eigenvalue weighted by Crippen LogP contribution is 2.31. The average molecular weight is 326 g/mol. The zero-order chi connectivity index (χ0) is 17.2. The molecule has 0 saturated carbocycles. The SMILES string of the molecule is O=Cc1cc(Oc2cc(C=O)c3ccccc3c2)cc2ccccc12. The van der Waals surface area contributed by atoms with Gasteiger partial charge >= 0.3 is 0 Å². The largest absolute Gasteiger partial charge is 0.457 e. The molecular weight excluding hydrogens is 312 g/mol. The molecular formula is C22H14O3. The predicted molar refractivity (Wildman–Crippen MR) is 98.7 cm³/mol. The molecule has 0 atom stereocenters. The van der Waals surface area contributed by atoms with Crippen molar-refractivity contribution in [1.82, 2.24) is 0 Å². The van der Waals surface area contributed by atoms with E-state index in [4.69, 9.17) is 4.74 Å². The highest BCUT2D eigenvalue weighted by Gasteiger charge is 2.08. The van der Waals surface area contributed by atoms with Crippen molar-refractivity contribution >= 4 is 34.1 Å². The summed E-state index contributed by atoms with van der Waals surface area (Å²) in [5.41, 5.74) is 1.15. The van der Waals surface area contributed by atoms with Crippen molar-refractivity contribution in [3.8, 4) is 11.5 Å². The molecule has 0 aliphatic rings. The van der Waals surface area contributed by atoms with Crippen LogP contribution in [0.25, 0.3) is 21.5 Å². The molecule has 0 radical (unpaired) electrons. The van der Waals surface area contributed by atoms with Crippen molar-refractivity contribution in [2.45, 2.75) is 0 Å². The van der Waals surface area contributed by atoms with Gasteiger partial charge in [-0.1, -0.05) is 48.5 Å². The molecule has 0 aliphatic heterocycles. The summed E-state index contributed by atoms with van der Waals surface area (Å²) in [6.45, 7) is 0. The van der Waals surface area contributed by atoms with Crippen molar-refractivity contribution < 1.29 is 14.3 Å². The molecule has 0 fully saturated rings. The Kier molecular flexibility index (Phi) is 3.75. The van der Waals surface area contributed by atoms with E-state index in [1.807, 2.05) is 60.7 Å². The van der Waals surface area contributed by atoms with Crippen molar-refractivity contribution in [2.75, 3.05) is 0 Å². The highest BCUT2D eigenvalue weighted by atomic mass is 16.5. The molecule has 0 aromatic heterocycles. The summed E-state index contributed by atoms with van der Waals surface area (Å²) in [7, 11) is 0. The van der Waals surface area contributed by atoms with Gasteiger partial charge in [0.25, 0.3) is 0 Å². The number of hydrogen-bond acceptors (Lipinski definition) is 3. The molecule has 0 heterocycles. The van der Waals surface area contributed by atoms with E-state index in [1.54, 1.807) is 12.1 Å². The van der Waals surface area contributed by atoms with Gasteiger partial charge in [-0.25, -0.2) is 0 Å². The Bertz CT molecular complexity index is 1020. The fourth-order valence-corrected chi connectivity index (χ4v) is 3.07. The average Bonchev–Trinajstić information content (AvgIpc) is 2.66. The van der Waals surface area contributed by atoms with Gasteiger partial charge in [-0.2, -0.15) is 0 Å². The Hall–Kier alpha value is -3.46. The monoisotopic (exact) mass is 326 g/mol. The molecule has 0 unspecified atom stereocenters. The van der Waals surface area contributed by atoms with Crippen LogP contribution in [0.3, 0.4) is 0 Å². The first-order valence-electron chi connectivity index (χ1n) is 7.92. The lowest BCUT2D eigenvalue weighted by atomic mass is 10.0. The third-order valence-electron chi connectivity index (χ3n) is 4.22. The molecule has 4 rings (SSSR count). The maximum absolute atomic E-state index is 11.4. The molecule has 0 N–H and O–H groups in total. The Labute approximate surface area is 144 Å². The van der Waals surface area contributed by atoms with Gasteiger partial charge in [0.15, 0.2) is 12.6 Å². The molecule has 0 bridgehead atoms. The number of fused-ring (bicyclic) bond motifs is 2. The van der Waals surface area contributed by atoms with Gasteiger partial charge in [0.1, 0.15) is 11.5 Å². The summed E-state index contributed by atoms with van der Waals surface area (Å²) in [5, 5.41) is 3.63. The van der Waals surface area contributed by atoms with Crippen LogP contribution in [-0.4, -0.2) is 12.6 Å². The second-order valence-corrected chi connectivity index (χ2v) is 5.81. The van der Waals surface area contributed by atoms with E-state index < -0.39 is 0 Å². The minimum absolute atomic E-state index is 0.563. The van der Waals surface area contributed by atoms with Crippen molar-refractivity contribution in [2.24, 2.45) is 0 Å². The second-order valence-electron chi connectivity index (χ2n) is 5.81. The molecule has 3 heteroatoms. The van der Waals surface area contributed by atoms with Gasteiger partial charge in [0.2, 0.25) is 0 Å². The molecule has 0 amide bonds. The van der Waals surface area contributed by atoms with Gasteiger partial charge in [-0.05, 0) is 45.8 Å². The van der Waals surface area contributed by atoms with Crippen LogP contribution in [0.1, 0.15) is 20.7 Å². The predicted octanol–water partition coefficient (Wildman–Crippen LogP) is 5.41. The minimum Gasteiger partial charge on any atom is -0.457 e. The van der Waals surface area contributed by atoms with Crippen molar-refractivity contribution in [3.63, 3.8) is 0 Å². The normalized spacial score (nSPS) is 10.7. The minimum atomic E-state index is 0.563. The van der Waals surface area contributed by atoms with Crippen LogP contribution in [0.5, 0.6) is 11.5 Å². The summed E-state index contributed by atoms with van der Waals surface area (Å²) < 4.78 is 5.96. The smallest absolute Gasteiger partial charge is 0.150 e. The fourth-order valence-electron chi connectivity index (χ4n) is 3.07. The van der Waals surface area contributed by atoms with E-state index in [2.05, 4.69) is 0 Å². The third-order valence-corrected chi connectivity index (χ3v) is 4.22. The van der Waals surface area contributed by atoms with Crippen LogP contribution in [0.15, 0.2) is 72.8 Å². The Morgan fingerprint density at radius 2 is 1.04 bits per heavy atom. The van der Waals surface area contributed by atoms with Gasteiger partial charge in [-0.15, -0.1) is 0 Å². The zero-order valence-electron chi connectivity index (χ0n) is 13.3. The summed E-state index contributed by atoms with van der Waals surface area (Å²) in [4.78, 5) is 22.8. The number of aldehydes is 2. The number of carbonyl (C=O) groups excluding carboxylic acids is 2. The zero-order valence-corrected chi connectivity index (χ0v) is 13.3. The number of hydrogen-bond donors (Lipinski definition) is 0. The standard InChI is InChI=1S/C22H14O3/c23-13-17-11-19(9-15-5-1-3-7-21(15)17)25-20-10-16-6-2-4-8-22(16)18(12-20)14-24/h1-14H. The number of benzene rings is 4. The summed E-state index contributed by atoms with van der Waals surface area (Å²) in [6.07, 6.45) is 1.65. The Morgan fingerprint density at radius 1 is 0.600 bits per heavy atom. The van der Waals surface area contributed by atoms with Gasteiger partial charge < -0.3 is 4.74 Å². The van der Waals surface area contributed by atoms with Crippen molar-refractivity contribution in [3.05, 3.63) is 83.9 Å². The van der Waals surface area contributed by atoms with Crippen LogP contribution in [0.2, 0.25) is 0 Å². The van der Waals surface area contributed by atoms with E-state index >= 15 is 0 Å². The van der Waals surface area contributed by atoms with Crippen LogP contribution in [-0.2, 0) is 0 Å². The van der Waals surface area contributed by atoms with Gasteiger partial charge in [-0.3, -0.25) is 9.59 Å². The first kappa shape index (κ1) is 15.1. The van der Waals surface area contributed by atoms with Crippen LogP contribution in [0, 0.1) is 0 Å².